The van der Waals surface area contributed by atoms with Crippen molar-refractivity contribution >= 4 is 39.5 Å². The Morgan fingerprint density at radius 1 is 0.269 bits per heavy atom. The third-order valence-corrected chi connectivity index (χ3v) is 18.5. The molecule has 0 aromatic rings. The molecule has 17 nitrogen and oxygen atoms in total. The third kappa shape index (κ3) is 75.4. The van der Waals surface area contributed by atoms with E-state index < -0.39 is 97.5 Å². The van der Waals surface area contributed by atoms with Crippen molar-refractivity contribution in [2.75, 3.05) is 39.6 Å². The maximum absolute atomic E-state index is 13.1. The van der Waals surface area contributed by atoms with Crippen LogP contribution in [-0.2, 0) is 65.4 Å². The number of carbonyl (C=O) groups is 4. The largest absolute Gasteiger partial charge is 0.472 e. The Morgan fingerprint density at radius 3 is 0.798 bits per heavy atom. The highest BCUT2D eigenvalue weighted by Gasteiger charge is 2.30. The second-order valence-corrected chi connectivity index (χ2v) is 29.6. The van der Waals surface area contributed by atoms with Gasteiger partial charge in [-0.2, -0.15) is 0 Å². The topological polar surface area (TPSA) is 237 Å². The van der Waals surface area contributed by atoms with E-state index in [1.54, 1.807) is 0 Å². The predicted molar refractivity (Wildman–Crippen MR) is 427 cm³/mol. The molecule has 0 amide bonds. The summed E-state index contributed by atoms with van der Waals surface area (Å²) in [6.45, 7) is 4.64. The molecule has 0 fully saturated rings. The zero-order chi connectivity index (χ0) is 76.0. The van der Waals surface area contributed by atoms with E-state index in [2.05, 4.69) is 137 Å². The van der Waals surface area contributed by atoms with Gasteiger partial charge in [0.05, 0.1) is 26.4 Å². The fraction of sp³-hybridized carbons (Fsp3) is 0.694. The average Bonchev–Trinajstić information content (AvgIpc) is 0.913. The molecule has 0 rings (SSSR count). The molecule has 0 aliphatic carbocycles. The Bertz CT molecular complexity index is 2490. The lowest BCUT2D eigenvalue weighted by atomic mass is 10.0. The number of hydrogen-bond acceptors (Lipinski definition) is 15. The zero-order valence-corrected chi connectivity index (χ0v) is 66.9. The number of unbranched alkanes of at least 4 members (excludes halogenated alkanes) is 27. The van der Waals surface area contributed by atoms with Crippen LogP contribution in [0.25, 0.3) is 0 Å². The first-order valence-electron chi connectivity index (χ1n) is 40.4. The van der Waals surface area contributed by atoms with Crippen molar-refractivity contribution < 1.29 is 80.2 Å². The van der Waals surface area contributed by atoms with Gasteiger partial charge in [0.15, 0.2) is 12.2 Å². The van der Waals surface area contributed by atoms with Crippen LogP contribution in [0.15, 0.2) is 134 Å². The molecule has 2 unspecified atom stereocenters. The number of carbonyl (C=O) groups excluding carboxylic acids is 4. The lowest BCUT2D eigenvalue weighted by Crippen LogP contribution is -2.30. The number of esters is 4. The number of aliphatic hydroxyl groups is 1. The van der Waals surface area contributed by atoms with E-state index in [1.165, 1.54) is 116 Å². The molecule has 0 aliphatic heterocycles. The second kappa shape index (κ2) is 76.4. The lowest BCUT2D eigenvalue weighted by molar-refractivity contribution is -0.161. The summed E-state index contributed by atoms with van der Waals surface area (Å²) in [6, 6.07) is 0. The van der Waals surface area contributed by atoms with Crippen LogP contribution in [-0.4, -0.2) is 96.7 Å². The number of aliphatic hydroxyl groups excluding tert-OH is 1. The van der Waals surface area contributed by atoms with Gasteiger partial charge in [0.25, 0.3) is 0 Å². The van der Waals surface area contributed by atoms with E-state index >= 15 is 0 Å². The number of rotatable bonds is 75. The van der Waals surface area contributed by atoms with E-state index in [1.807, 2.05) is 24.3 Å². The van der Waals surface area contributed by atoms with Crippen molar-refractivity contribution in [2.24, 2.45) is 0 Å². The van der Waals surface area contributed by atoms with Crippen molar-refractivity contribution in [2.45, 2.75) is 341 Å². The number of phosphoric acid groups is 2. The third-order valence-electron chi connectivity index (χ3n) is 16.6. The number of ether oxygens (including phenoxy) is 4. The molecule has 0 saturated carbocycles. The monoisotopic (exact) mass is 1500 g/mol. The molecule has 0 aliphatic rings. The van der Waals surface area contributed by atoms with Crippen LogP contribution in [0.5, 0.6) is 0 Å². The highest BCUT2D eigenvalue weighted by Crippen LogP contribution is 2.45. The van der Waals surface area contributed by atoms with Gasteiger partial charge in [0, 0.05) is 25.7 Å². The summed E-state index contributed by atoms with van der Waals surface area (Å²) < 4.78 is 68.4. The summed E-state index contributed by atoms with van der Waals surface area (Å²) in [5.74, 6) is -2.37. The molecule has 3 N–H and O–H groups in total. The first-order chi connectivity index (χ1) is 50.7. The van der Waals surface area contributed by atoms with Crippen molar-refractivity contribution in [3.8, 4) is 0 Å². The summed E-state index contributed by atoms with van der Waals surface area (Å²) in [5, 5.41) is 10.6. The smallest absolute Gasteiger partial charge is 0.462 e. The number of allylic oxidation sites excluding steroid dienone is 22. The van der Waals surface area contributed by atoms with Crippen molar-refractivity contribution in [3.05, 3.63) is 134 Å². The van der Waals surface area contributed by atoms with Gasteiger partial charge < -0.3 is 33.8 Å². The first-order valence-corrected chi connectivity index (χ1v) is 43.4. The van der Waals surface area contributed by atoms with E-state index in [-0.39, 0.29) is 25.7 Å². The van der Waals surface area contributed by atoms with Gasteiger partial charge >= 0.3 is 39.5 Å². The molecule has 0 bridgehead atoms. The van der Waals surface area contributed by atoms with Crippen molar-refractivity contribution in [1.82, 2.24) is 0 Å². The normalized spacial score (nSPS) is 14.6. The highest BCUT2D eigenvalue weighted by molar-refractivity contribution is 7.47. The minimum atomic E-state index is -5.00. The van der Waals surface area contributed by atoms with Crippen molar-refractivity contribution in [1.29, 1.82) is 0 Å². The molecule has 0 aromatic heterocycles. The molecule has 0 radical (unpaired) electrons. The molecule has 0 saturated heterocycles. The van der Waals surface area contributed by atoms with Crippen LogP contribution < -0.4 is 0 Å². The molecule has 0 heterocycles. The minimum absolute atomic E-state index is 0.0330. The van der Waals surface area contributed by atoms with Crippen LogP contribution in [0.4, 0.5) is 0 Å². The summed E-state index contributed by atoms with van der Waals surface area (Å²) in [7, 11) is -10.00. The molecule has 104 heavy (non-hydrogen) atoms. The summed E-state index contributed by atoms with van der Waals surface area (Å²) in [6.07, 6.45) is 86.0. The number of phosphoric ester groups is 2. The fourth-order valence-corrected chi connectivity index (χ4v) is 12.0. The fourth-order valence-electron chi connectivity index (χ4n) is 10.4. The maximum atomic E-state index is 13.1. The molecule has 19 heteroatoms. The quantitative estimate of drug-likeness (QED) is 0.0169. The van der Waals surface area contributed by atoms with Gasteiger partial charge in [-0.1, -0.05) is 303 Å². The van der Waals surface area contributed by atoms with Crippen molar-refractivity contribution in [3.63, 3.8) is 0 Å². The predicted octanol–water partition coefficient (Wildman–Crippen LogP) is 23.7. The van der Waals surface area contributed by atoms with Gasteiger partial charge in [0.1, 0.15) is 19.3 Å². The van der Waals surface area contributed by atoms with Crippen LogP contribution in [0.3, 0.4) is 0 Å². The molecule has 596 valence electrons. The van der Waals surface area contributed by atoms with Gasteiger partial charge in [-0.05, 0) is 128 Å². The second-order valence-electron chi connectivity index (χ2n) is 26.7. The van der Waals surface area contributed by atoms with E-state index in [0.29, 0.717) is 38.5 Å². The summed E-state index contributed by atoms with van der Waals surface area (Å²) in [4.78, 5) is 72.9. The standard InChI is InChI=1S/C85H144O17P2/c1-5-9-13-17-21-25-29-33-35-37-39-41-43-47-49-53-57-61-65-69-82(87)95-75-80(101-84(89)71-67-63-59-55-51-45-31-27-23-19-15-11-7-3)77-99-103(91,92)97-73-79(86)74-98-104(93,94)100-78-81(102-85(90)72-68-64-60-56-52-46-32-28-24-20-16-12-8-4)76-96-83(88)70-66-62-58-54-50-48-44-42-40-38-36-34-30-26-22-18-14-10-6-2/h21-22,25-27,31,33-36,39-42,47-50,57-58,61-62,79-81,86H,5-20,23-24,28-30,32,37-38,43-46,51-56,59-60,63-78H2,1-4H3,(H,91,92)(H,93,94)/b25-21-,26-22-,31-27-,35-33-,36-34-,41-39-,42-40-,49-47-,50-48-,61-57-,62-58-/t79-,80-,81-/m1/s1. The summed E-state index contributed by atoms with van der Waals surface area (Å²) in [5.41, 5.74) is 0. The molecule has 0 spiro atoms. The Hall–Kier alpha value is -4.80. The van der Waals surface area contributed by atoms with E-state index in [0.717, 1.165) is 116 Å². The van der Waals surface area contributed by atoms with E-state index in [9.17, 15) is 43.2 Å². The Morgan fingerprint density at radius 2 is 0.490 bits per heavy atom. The zero-order valence-electron chi connectivity index (χ0n) is 65.2. The van der Waals surface area contributed by atoms with Gasteiger partial charge in [0.2, 0.25) is 0 Å². The molecular formula is C85H144O17P2. The Kier molecular flexibility index (Phi) is 72.9. The van der Waals surface area contributed by atoms with Crippen LogP contribution in [0.1, 0.15) is 323 Å². The maximum Gasteiger partial charge on any atom is 0.472 e. The Balaban J connectivity index is 5.45. The van der Waals surface area contributed by atoms with Crippen LogP contribution in [0, 0.1) is 0 Å². The number of hydrogen-bond donors (Lipinski definition) is 3. The molecular weight excluding hydrogens is 1350 g/mol. The summed E-state index contributed by atoms with van der Waals surface area (Å²) >= 11 is 0. The molecule has 5 atom stereocenters. The highest BCUT2D eigenvalue weighted by atomic mass is 31.2. The minimum Gasteiger partial charge on any atom is -0.462 e. The Labute approximate surface area is 631 Å². The van der Waals surface area contributed by atoms with Gasteiger partial charge in [-0.25, -0.2) is 9.13 Å². The van der Waals surface area contributed by atoms with Crippen LogP contribution in [0.2, 0.25) is 0 Å². The van der Waals surface area contributed by atoms with Gasteiger partial charge in [-0.3, -0.25) is 37.3 Å². The first kappa shape index (κ1) is 99.2. The molecule has 0 aromatic carbocycles. The van der Waals surface area contributed by atoms with E-state index in [4.69, 9.17) is 37.0 Å². The average molecular weight is 1500 g/mol. The lowest BCUT2D eigenvalue weighted by Gasteiger charge is -2.21. The van der Waals surface area contributed by atoms with Gasteiger partial charge in [-0.15, -0.1) is 0 Å². The van der Waals surface area contributed by atoms with Crippen LogP contribution >= 0.6 is 15.6 Å². The SMILES string of the molecule is CCCCC/C=C\C/C=C\C/C=C\C/C=C\C/C=C\CCC(=O)OC[C@H](COP(=O)(O)OC[C@@H](O)COP(=O)(O)OC[C@@H](COC(=O)CC/C=C\C/C=C\C/C=C\C/C=C\C/C=C\CCCCC)OC(=O)CCCCCCCCCCCCCCC)OC(=O)CCCCCCC/C=C\CCCCCC.